The van der Waals surface area contributed by atoms with Crippen molar-refractivity contribution in [2.75, 3.05) is 7.11 Å². The first kappa shape index (κ1) is 15.6. The molecule has 0 saturated heterocycles. The lowest BCUT2D eigenvalue weighted by molar-refractivity contribution is -0.104. The van der Waals surface area contributed by atoms with E-state index in [1.165, 1.54) is 7.11 Å². The molecule has 6 nitrogen and oxygen atoms in total. The molecule has 0 bridgehead atoms. The molecular formula is C14H16N2O4. The number of nitrogens with zero attached hydrogens (tertiary/aromatic N) is 2. The molecule has 0 aliphatic carbocycles. The zero-order valence-corrected chi connectivity index (χ0v) is 11.6. The van der Waals surface area contributed by atoms with Gasteiger partial charge in [0, 0.05) is 11.1 Å². The molecule has 1 aromatic rings. The van der Waals surface area contributed by atoms with Crippen LogP contribution in [0.25, 0.3) is 0 Å². The van der Waals surface area contributed by atoms with E-state index >= 15 is 0 Å². The first-order valence-electron chi connectivity index (χ1n) is 5.92. The Bertz CT molecular complexity index is 550. The second kappa shape index (κ2) is 7.83. The zero-order chi connectivity index (χ0) is 15.0. The summed E-state index contributed by atoms with van der Waals surface area (Å²) >= 11 is 0. The van der Waals surface area contributed by atoms with Gasteiger partial charge >= 0.3 is 0 Å². The van der Waals surface area contributed by atoms with Gasteiger partial charge in [-0.25, -0.2) is 0 Å². The van der Waals surface area contributed by atoms with Gasteiger partial charge in [-0.15, -0.1) is 0 Å². The minimum Gasteiger partial charge on any atom is -0.399 e. The van der Waals surface area contributed by atoms with Crippen molar-refractivity contribution in [1.29, 1.82) is 0 Å². The molecule has 0 radical (unpaired) electrons. The highest BCUT2D eigenvalue weighted by Gasteiger charge is 2.10. The van der Waals surface area contributed by atoms with E-state index in [1.807, 2.05) is 0 Å². The van der Waals surface area contributed by atoms with Gasteiger partial charge in [0.1, 0.15) is 25.1 Å². The maximum absolute atomic E-state index is 11.4. The standard InChI is InChI=1S/C14H16N2O4/c1-10(15-19-3)11(2)16-20-9-12-6-4-5-7-13(12)14(18)8-17/h4-8H,9H2,1-3H3/b15-10+,16-11+. The van der Waals surface area contributed by atoms with Crippen molar-refractivity contribution >= 4 is 23.5 Å². The summed E-state index contributed by atoms with van der Waals surface area (Å²) in [6.07, 6.45) is 0.281. The predicted molar refractivity (Wildman–Crippen MR) is 74.9 cm³/mol. The highest BCUT2D eigenvalue weighted by atomic mass is 16.6. The summed E-state index contributed by atoms with van der Waals surface area (Å²) in [7, 11) is 1.44. The maximum atomic E-state index is 11.4. The van der Waals surface area contributed by atoms with Gasteiger partial charge in [0.2, 0.25) is 5.78 Å². The minimum atomic E-state index is -0.581. The predicted octanol–water partition coefficient (Wildman–Crippen LogP) is 1.98. The van der Waals surface area contributed by atoms with Gasteiger partial charge in [-0.2, -0.15) is 0 Å². The molecular weight excluding hydrogens is 260 g/mol. The van der Waals surface area contributed by atoms with Crippen LogP contribution in [0, 0.1) is 0 Å². The summed E-state index contributed by atoms with van der Waals surface area (Å²) in [5.74, 6) is -0.581. The molecule has 0 aliphatic heterocycles. The number of aldehydes is 1. The Hall–Kier alpha value is -2.50. The number of Topliss-reactive ketones (excluding diaryl/α,β-unsaturated/α-hetero) is 1. The quantitative estimate of drug-likeness (QED) is 0.251. The molecule has 1 rings (SSSR count). The van der Waals surface area contributed by atoms with E-state index in [0.717, 1.165) is 0 Å². The Morgan fingerprint density at radius 3 is 2.50 bits per heavy atom. The van der Waals surface area contributed by atoms with Crippen molar-refractivity contribution in [2.24, 2.45) is 10.3 Å². The van der Waals surface area contributed by atoms with E-state index in [0.29, 0.717) is 22.6 Å². The number of carbonyl (C=O) groups is 2. The molecule has 0 unspecified atom stereocenters. The summed E-state index contributed by atoms with van der Waals surface area (Å²) < 4.78 is 0. The molecule has 0 heterocycles. The molecule has 0 fully saturated rings. The van der Waals surface area contributed by atoms with Crippen molar-refractivity contribution in [2.45, 2.75) is 20.5 Å². The van der Waals surface area contributed by atoms with E-state index in [2.05, 4.69) is 15.1 Å². The number of carbonyl (C=O) groups excluding carboxylic acids is 2. The number of ketones is 1. The Morgan fingerprint density at radius 1 is 1.20 bits per heavy atom. The lowest BCUT2D eigenvalue weighted by Crippen LogP contribution is -2.08. The molecule has 106 valence electrons. The van der Waals surface area contributed by atoms with Gasteiger partial charge in [0.05, 0.1) is 0 Å². The van der Waals surface area contributed by atoms with Crippen LogP contribution < -0.4 is 0 Å². The largest absolute Gasteiger partial charge is 0.399 e. The van der Waals surface area contributed by atoms with Gasteiger partial charge in [0.15, 0.2) is 6.29 Å². The molecule has 0 aromatic heterocycles. The summed E-state index contributed by atoms with van der Waals surface area (Å²) in [4.78, 5) is 31.8. The van der Waals surface area contributed by atoms with Gasteiger partial charge in [0.25, 0.3) is 0 Å². The average molecular weight is 276 g/mol. The highest BCUT2D eigenvalue weighted by Crippen LogP contribution is 2.10. The molecule has 0 spiro atoms. The van der Waals surface area contributed by atoms with E-state index < -0.39 is 5.78 Å². The Kier molecular flexibility index (Phi) is 6.09. The average Bonchev–Trinajstić information content (AvgIpc) is 2.47. The van der Waals surface area contributed by atoms with Crippen LogP contribution in [0.2, 0.25) is 0 Å². The summed E-state index contributed by atoms with van der Waals surface area (Å²) in [6, 6.07) is 6.72. The molecule has 1 aromatic carbocycles. The van der Waals surface area contributed by atoms with Crippen LogP contribution in [-0.2, 0) is 21.1 Å². The third-order valence-electron chi connectivity index (χ3n) is 2.56. The normalized spacial score (nSPS) is 11.9. The number of hydrogen-bond acceptors (Lipinski definition) is 6. The number of hydrogen-bond donors (Lipinski definition) is 0. The van der Waals surface area contributed by atoms with Crippen molar-refractivity contribution in [3.05, 3.63) is 35.4 Å². The molecule has 0 saturated carbocycles. The van der Waals surface area contributed by atoms with Crippen LogP contribution in [0.1, 0.15) is 29.8 Å². The van der Waals surface area contributed by atoms with Gasteiger partial charge in [-0.3, -0.25) is 9.59 Å². The molecule has 0 aliphatic rings. The molecule has 6 heteroatoms. The third-order valence-corrected chi connectivity index (χ3v) is 2.56. The molecule has 0 atom stereocenters. The first-order chi connectivity index (χ1) is 9.60. The van der Waals surface area contributed by atoms with Gasteiger partial charge in [-0.1, -0.05) is 34.6 Å². The van der Waals surface area contributed by atoms with Crippen LogP contribution >= 0.6 is 0 Å². The minimum absolute atomic E-state index is 0.0906. The molecule has 0 N–H and O–H groups in total. The smallest absolute Gasteiger partial charge is 0.225 e. The monoisotopic (exact) mass is 276 g/mol. The summed E-state index contributed by atoms with van der Waals surface area (Å²) in [5.41, 5.74) is 2.07. The third kappa shape index (κ3) is 4.31. The zero-order valence-electron chi connectivity index (χ0n) is 11.6. The number of rotatable bonds is 7. The summed E-state index contributed by atoms with van der Waals surface area (Å²) in [5, 5.41) is 7.59. The number of benzene rings is 1. The maximum Gasteiger partial charge on any atom is 0.225 e. The fraction of sp³-hybridized carbons (Fsp3) is 0.286. The van der Waals surface area contributed by atoms with E-state index in [-0.39, 0.29) is 12.9 Å². The summed E-state index contributed by atoms with van der Waals surface area (Å²) in [6.45, 7) is 3.54. The fourth-order valence-corrected chi connectivity index (χ4v) is 1.42. The number of oxime groups is 2. The lowest BCUT2D eigenvalue weighted by Gasteiger charge is -2.05. The molecule has 20 heavy (non-hydrogen) atoms. The Balaban J connectivity index is 2.76. The fourth-order valence-electron chi connectivity index (χ4n) is 1.42. The van der Waals surface area contributed by atoms with E-state index in [9.17, 15) is 9.59 Å². The van der Waals surface area contributed by atoms with Crippen LogP contribution in [0.4, 0.5) is 0 Å². The van der Waals surface area contributed by atoms with E-state index in [1.54, 1.807) is 38.1 Å². The van der Waals surface area contributed by atoms with Crippen LogP contribution in [0.5, 0.6) is 0 Å². The topological polar surface area (TPSA) is 77.3 Å². The van der Waals surface area contributed by atoms with Gasteiger partial charge in [-0.05, 0) is 13.8 Å². The Labute approximate surface area is 117 Å². The van der Waals surface area contributed by atoms with Crippen LogP contribution in [0.15, 0.2) is 34.6 Å². The second-order valence-electron chi connectivity index (χ2n) is 3.95. The molecule has 0 amide bonds. The van der Waals surface area contributed by atoms with Crippen molar-refractivity contribution in [3.8, 4) is 0 Å². The van der Waals surface area contributed by atoms with Crippen LogP contribution in [0.3, 0.4) is 0 Å². The van der Waals surface area contributed by atoms with Crippen LogP contribution in [-0.4, -0.2) is 30.6 Å². The van der Waals surface area contributed by atoms with Crippen molar-refractivity contribution < 1.29 is 19.3 Å². The van der Waals surface area contributed by atoms with E-state index in [4.69, 9.17) is 4.84 Å². The SMILES string of the molecule is CO/N=C(C)/C(C)=N/OCc1ccccc1C(=O)C=O. The lowest BCUT2D eigenvalue weighted by atomic mass is 10.1. The van der Waals surface area contributed by atoms with Crippen molar-refractivity contribution in [3.63, 3.8) is 0 Å². The Morgan fingerprint density at radius 2 is 1.85 bits per heavy atom. The first-order valence-corrected chi connectivity index (χ1v) is 5.92. The second-order valence-corrected chi connectivity index (χ2v) is 3.95. The van der Waals surface area contributed by atoms with Crippen molar-refractivity contribution in [1.82, 2.24) is 0 Å². The highest BCUT2D eigenvalue weighted by molar-refractivity contribution is 6.40. The van der Waals surface area contributed by atoms with Gasteiger partial charge < -0.3 is 9.68 Å².